The predicted octanol–water partition coefficient (Wildman–Crippen LogP) is 1.31. The van der Waals surface area contributed by atoms with Gasteiger partial charge in [-0.05, 0) is 20.3 Å². The largest absolute Gasteiger partial charge is 0.370 e. The van der Waals surface area contributed by atoms with Gasteiger partial charge in [0.15, 0.2) is 0 Å². The molecule has 2 nitrogen and oxygen atoms in total. The van der Waals surface area contributed by atoms with E-state index < -0.39 is 0 Å². The van der Waals surface area contributed by atoms with Crippen molar-refractivity contribution >= 4 is 6.29 Å². The molecule has 0 saturated carbocycles. The van der Waals surface area contributed by atoms with E-state index in [1.54, 1.807) is 0 Å². The standard InChI is InChI=1S/C8H12O2/c1-6-3-4-8(5-9)7(2)10-6/h4-7H,3H2,1-2H3/t6-,7-/m1/s1. The average molecular weight is 140 g/mol. The van der Waals surface area contributed by atoms with Gasteiger partial charge in [0, 0.05) is 5.57 Å². The first kappa shape index (κ1) is 7.48. The zero-order valence-corrected chi connectivity index (χ0v) is 6.33. The lowest BCUT2D eigenvalue weighted by Gasteiger charge is -2.23. The Morgan fingerprint density at radius 1 is 1.70 bits per heavy atom. The van der Waals surface area contributed by atoms with Crippen molar-refractivity contribution in [2.45, 2.75) is 32.5 Å². The van der Waals surface area contributed by atoms with E-state index in [1.165, 1.54) is 0 Å². The number of rotatable bonds is 1. The molecule has 1 rings (SSSR count). The maximum Gasteiger partial charge on any atom is 0.148 e. The molecule has 0 spiro atoms. The summed E-state index contributed by atoms with van der Waals surface area (Å²) in [5, 5.41) is 0. The Balaban J connectivity index is 2.65. The van der Waals surface area contributed by atoms with Crippen LogP contribution in [0, 0.1) is 0 Å². The first-order valence-electron chi connectivity index (χ1n) is 3.54. The highest BCUT2D eigenvalue weighted by Gasteiger charge is 2.16. The van der Waals surface area contributed by atoms with Gasteiger partial charge in [0.05, 0.1) is 12.2 Å². The van der Waals surface area contributed by atoms with Crippen molar-refractivity contribution in [2.24, 2.45) is 0 Å². The summed E-state index contributed by atoms with van der Waals surface area (Å²) in [5.74, 6) is 0. The fraction of sp³-hybridized carbons (Fsp3) is 0.625. The van der Waals surface area contributed by atoms with Gasteiger partial charge in [-0.3, -0.25) is 4.79 Å². The summed E-state index contributed by atoms with van der Waals surface area (Å²) in [4.78, 5) is 10.3. The van der Waals surface area contributed by atoms with Gasteiger partial charge in [0.25, 0.3) is 0 Å². The molecule has 0 radical (unpaired) electrons. The molecule has 0 bridgehead atoms. The molecule has 56 valence electrons. The molecule has 2 atom stereocenters. The Hall–Kier alpha value is -0.630. The minimum Gasteiger partial charge on any atom is -0.370 e. The summed E-state index contributed by atoms with van der Waals surface area (Å²) < 4.78 is 5.39. The van der Waals surface area contributed by atoms with Crippen LogP contribution in [0.1, 0.15) is 20.3 Å². The Morgan fingerprint density at radius 3 is 2.90 bits per heavy atom. The Labute approximate surface area is 60.9 Å². The zero-order chi connectivity index (χ0) is 7.56. The molecule has 0 aromatic rings. The Morgan fingerprint density at radius 2 is 2.40 bits per heavy atom. The van der Waals surface area contributed by atoms with Gasteiger partial charge in [-0.1, -0.05) is 6.08 Å². The van der Waals surface area contributed by atoms with Gasteiger partial charge < -0.3 is 4.74 Å². The molecule has 0 unspecified atom stereocenters. The van der Waals surface area contributed by atoms with Gasteiger partial charge in [0.2, 0.25) is 0 Å². The van der Waals surface area contributed by atoms with E-state index in [-0.39, 0.29) is 12.2 Å². The van der Waals surface area contributed by atoms with Crippen LogP contribution in [0.15, 0.2) is 11.6 Å². The van der Waals surface area contributed by atoms with E-state index in [1.807, 2.05) is 19.9 Å². The number of hydrogen-bond donors (Lipinski definition) is 0. The fourth-order valence-electron chi connectivity index (χ4n) is 1.09. The van der Waals surface area contributed by atoms with E-state index in [0.29, 0.717) is 0 Å². The smallest absolute Gasteiger partial charge is 0.148 e. The lowest BCUT2D eigenvalue weighted by atomic mass is 10.1. The lowest BCUT2D eigenvalue weighted by Crippen LogP contribution is -2.23. The van der Waals surface area contributed by atoms with Gasteiger partial charge in [-0.2, -0.15) is 0 Å². The summed E-state index contributed by atoms with van der Waals surface area (Å²) in [6.07, 6.45) is 3.93. The van der Waals surface area contributed by atoms with Gasteiger partial charge >= 0.3 is 0 Å². The summed E-state index contributed by atoms with van der Waals surface area (Å²) in [6.45, 7) is 3.91. The third kappa shape index (κ3) is 1.45. The van der Waals surface area contributed by atoms with Crippen LogP contribution >= 0.6 is 0 Å². The fourth-order valence-corrected chi connectivity index (χ4v) is 1.09. The quantitative estimate of drug-likeness (QED) is 0.513. The van der Waals surface area contributed by atoms with E-state index in [2.05, 4.69) is 0 Å². The molecule has 10 heavy (non-hydrogen) atoms. The zero-order valence-electron chi connectivity index (χ0n) is 6.33. The van der Waals surface area contributed by atoms with Crippen LogP contribution in [0.5, 0.6) is 0 Å². The normalized spacial score (nSPS) is 33.2. The van der Waals surface area contributed by atoms with E-state index >= 15 is 0 Å². The van der Waals surface area contributed by atoms with Gasteiger partial charge in [-0.15, -0.1) is 0 Å². The third-order valence-electron chi connectivity index (χ3n) is 1.73. The molecule has 0 fully saturated rings. The van der Waals surface area contributed by atoms with Crippen LogP contribution in [-0.4, -0.2) is 18.5 Å². The minimum atomic E-state index is -0.0127. The van der Waals surface area contributed by atoms with Crippen LogP contribution in [0.3, 0.4) is 0 Å². The second-order valence-electron chi connectivity index (χ2n) is 2.65. The molecular weight excluding hydrogens is 128 g/mol. The Bertz CT molecular complexity index is 161. The molecular formula is C8H12O2. The van der Waals surface area contributed by atoms with Crippen molar-refractivity contribution in [2.75, 3.05) is 0 Å². The lowest BCUT2D eigenvalue weighted by molar-refractivity contribution is -0.106. The van der Waals surface area contributed by atoms with Crippen molar-refractivity contribution in [3.63, 3.8) is 0 Å². The summed E-state index contributed by atoms with van der Waals surface area (Å²) >= 11 is 0. The SMILES string of the molecule is C[C@@H]1CC=C(C=O)[C@@H](C)O1. The van der Waals surface area contributed by atoms with Crippen LogP contribution in [0.2, 0.25) is 0 Å². The molecule has 0 saturated heterocycles. The molecule has 0 amide bonds. The number of hydrogen-bond acceptors (Lipinski definition) is 2. The van der Waals surface area contributed by atoms with Gasteiger partial charge in [-0.25, -0.2) is 0 Å². The highest BCUT2D eigenvalue weighted by atomic mass is 16.5. The van der Waals surface area contributed by atoms with Crippen LogP contribution in [-0.2, 0) is 9.53 Å². The average Bonchev–Trinajstić information content (AvgIpc) is 1.88. The van der Waals surface area contributed by atoms with Crippen LogP contribution in [0.4, 0.5) is 0 Å². The number of ether oxygens (including phenoxy) is 1. The van der Waals surface area contributed by atoms with Crippen LogP contribution < -0.4 is 0 Å². The van der Waals surface area contributed by atoms with Gasteiger partial charge in [0.1, 0.15) is 6.29 Å². The summed E-state index contributed by atoms with van der Waals surface area (Å²) in [7, 11) is 0. The minimum absolute atomic E-state index is 0.0127. The second-order valence-corrected chi connectivity index (χ2v) is 2.65. The molecule has 1 heterocycles. The maximum absolute atomic E-state index is 10.3. The highest BCUT2D eigenvalue weighted by Crippen LogP contribution is 2.16. The number of aldehydes is 1. The molecule has 0 aliphatic carbocycles. The highest BCUT2D eigenvalue weighted by molar-refractivity contribution is 5.74. The topological polar surface area (TPSA) is 26.3 Å². The summed E-state index contributed by atoms with van der Waals surface area (Å²) in [6, 6.07) is 0. The Kier molecular flexibility index (Phi) is 2.22. The van der Waals surface area contributed by atoms with E-state index in [9.17, 15) is 4.79 Å². The predicted molar refractivity (Wildman–Crippen MR) is 38.8 cm³/mol. The van der Waals surface area contributed by atoms with Crippen molar-refractivity contribution in [1.82, 2.24) is 0 Å². The summed E-state index contributed by atoms with van der Waals surface area (Å²) in [5.41, 5.74) is 0.776. The molecule has 0 N–H and O–H groups in total. The van der Waals surface area contributed by atoms with Crippen molar-refractivity contribution in [3.8, 4) is 0 Å². The van der Waals surface area contributed by atoms with Crippen molar-refractivity contribution in [3.05, 3.63) is 11.6 Å². The van der Waals surface area contributed by atoms with E-state index in [4.69, 9.17) is 4.74 Å². The third-order valence-corrected chi connectivity index (χ3v) is 1.73. The molecule has 0 aromatic carbocycles. The molecule has 0 aromatic heterocycles. The number of carbonyl (C=O) groups excluding carboxylic acids is 1. The first-order valence-corrected chi connectivity index (χ1v) is 3.54. The molecule has 1 aliphatic heterocycles. The van der Waals surface area contributed by atoms with Crippen molar-refractivity contribution in [1.29, 1.82) is 0 Å². The van der Waals surface area contributed by atoms with Crippen molar-refractivity contribution < 1.29 is 9.53 Å². The van der Waals surface area contributed by atoms with E-state index in [0.717, 1.165) is 18.3 Å². The second kappa shape index (κ2) is 2.97. The van der Waals surface area contributed by atoms with Crippen LogP contribution in [0.25, 0.3) is 0 Å². The molecule has 2 heteroatoms. The molecule has 1 aliphatic rings. The number of carbonyl (C=O) groups is 1. The first-order chi connectivity index (χ1) is 4.74. The monoisotopic (exact) mass is 140 g/mol. The maximum atomic E-state index is 10.3.